The molecule has 0 saturated heterocycles. The monoisotopic (exact) mass is 262 g/mol. The second-order valence-electron chi connectivity index (χ2n) is 4.95. The summed E-state index contributed by atoms with van der Waals surface area (Å²) in [6.45, 7) is 7.22. The van der Waals surface area contributed by atoms with Gasteiger partial charge in [-0.1, -0.05) is 13.3 Å². The number of Topliss-reactive ketones (excluding diaryl/α,β-unsaturated/α-hetero) is 1. The molecule has 1 aromatic carbocycles. The minimum atomic E-state index is -0.407. The third-order valence-electron chi connectivity index (χ3n) is 3.23. The molecular formula is C15H22N2O2. The highest BCUT2D eigenvalue weighted by Crippen LogP contribution is 2.18. The fraction of sp³-hybridized carbons (Fsp3) is 0.467. The van der Waals surface area contributed by atoms with E-state index in [9.17, 15) is 9.59 Å². The van der Waals surface area contributed by atoms with Crippen molar-refractivity contribution in [1.82, 2.24) is 5.32 Å². The van der Waals surface area contributed by atoms with E-state index in [0.717, 1.165) is 17.5 Å². The molecule has 1 aromatic rings. The first-order valence-electron chi connectivity index (χ1n) is 6.54. The summed E-state index contributed by atoms with van der Waals surface area (Å²) in [5.41, 5.74) is 8.86. The largest absolute Gasteiger partial charge is 0.398 e. The maximum Gasteiger partial charge on any atom is 0.251 e. The summed E-state index contributed by atoms with van der Waals surface area (Å²) in [7, 11) is 0. The molecule has 0 spiro atoms. The van der Waals surface area contributed by atoms with E-state index < -0.39 is 6.04 Å². The molecule has 1 atom stereocenters. The first-order chi connectivity index (χ1) is 8.86. The van der Waals surface area contributed by atoms with Crippen molar-refractivity contribution in [2.24, 2.45) is 0 Å². The van der Waals surface area contributed by atoms with Crippen molar-refractivity contribution < 1.29 is 9.59 Å². The van der Waals surface area contributed by atoms with Gasteiger partial charge in [0.1, 0.15) is 0 Å². The molecule has 0 unspecified atom stereocenters. The number of carbonyl (C=O) groups excluding carboxylic acids is 2. The van der Waals surface area contributed by atoms with Crippen LogP contribution >= 0.6 is 0 Å². The third kappa shape index (κ3) is 3.81. The molecule has 4 nitrogen and oxygen atoms in total. The van der Waals surface area contributed by atoms with Crippen molar-refractivity contribution in [1.29, 1.82) is 0 Å². The molecule has 0 saturated carbocycles. The lowest BCUT2D eigenvalue weighted by Crippen LogP contribution is -2.39. The Kier molecular flexibility index (Phi) is 5.10. The first kappa shape index (κ1) is 15.2. The van der Waals surface area contributed by atoms with Crippen molar-refractivity contribution in [2.45, 2.75) is 46.6 Å². The Labute approximate surface area is 114 Å². The topological polar surface area (TPSA) is 72.2 Å². The van der Waals surface area contributed by atoms with E-state index >= 15 is 0 Å². The average molecular weight is 262 g/mol. The van der Waals surface area contributed by atoms with Crippen molar-refractivity contribution in [3.63, 3.8) is 0 Å². The zero-order valence-electron chi connectivity index (χ0n) is 12.0. The van der Waals surface area contributed by atoms with Gasteiger partial charge in [0.2, 0.25) is 0 Å². The van der Waals surface area contributed by atoms with Gasteiger partial charge in [-0.2, -0.15) is 0 Å². The maximum absolute atomic E-state index is 12.1. The zero-order valence-corrected chi connectivity index (χ0v) is 12.0. The van der Waals surface area contributed by atoms with E-state index in [2.05, 4.69) is 5.32 Å². The van der Waals surface area contributed by atoms with Gasteiger partial charge >= 0.3 is 0 Å². The second-order valence-corrected chi connectivity index (χ2v) is 4.95. The lowest BCUT2D eigenvalue weighted by molar-refractivity contribution is -0.118. The van der Waals surface area contributed by atoms with Gasteiger partial charge in [0, 0.05) is 11.3 Å². The summed E-state index contributed by atoms with van der Waals surface area (Å²) in [4.78, 5) is 23.6. The summed E-state index contributed by atoms with van der Waals surface area (Å²) in [6, 6.07) is 3.09. The van der Waals surface area contributed by atoms with E-state index in [0.29, 0.717) is 17.7 Å². The molecule has 0 aromatic heterocycles. The number of ketones is 1. The summed E-state index contributed by atoms with van der Waals surface area (Å²) in [5, 5.41) is 2.78. The van der Waals surface area contributed by atoms with Gasteiger partial charge in [-0.15, -0.1) is 0 Å². The third-order valence-corrected chi connectivity index (χ3v) is 3.23. The Balaban J connectivity index is 2.91. The van der Waals surface area contributed by atoms with Crippen LogP contribution < -0.4 is 11.1 Å². The molecule has 104 valence electrons. The molecule has 0 aliphatic rings. The predicted molar refractivity (Wildman–Crippen MR) is 77.2 cm³/mol. The molecule has 0 radical (unpaired) electrons. The predicted octanol–water partition coefficient (Wildman–Crippen LogP) is 2.37. The van der Waals surface area contributed by atoms with Gasteiger partial charge in [0.25, 0.3) is 5.91 Å². The lowest BCUT2D eigenvalue weighted by atomic mass is 10.0. The van der Waals surface area contributed by atoms with E-state index in [4.69, 9.17) is 5.73 Å². The van der Waals surface area contributed by atoms with Gasteiger partial charge in [0.15, 0.2) is 5.78 Å². The van der Waals surface area contributed by atoms with Crippen molar-refractivity contribution in [3.8, 4) is 0 Å². The highest BCUT2D eigenvalue weighted by molar-refractivity contribution is 5.98. The van der Waals surface area contributed by atoms with Crippen molar-refractivity contribution >= 4 is 17.4 Å². The van der Waals surface area contributed by atoms with Crippen LogP contribution in [0.5, 0.6) is 0 Å². The van der Waals surface area contributed by atoms with Crippen molar-refractivity contribution in [3.05, 3.63) is 28.8 Å². The minimum absolute atomic E-state index is 0.0147. The fourth-order valence-corrected chi connectivity index (χ4v) is 2.01. The highest BCUT2D eigenvalue weighted by atomic mass is 16.2. The number of nitrogens with two attached hydrogens (primary N) is 1. The van der Waals surface area contributed by atoms with Gasteiger partial charge < -0.3 is 11.1 Å². The van der Waals surface area contributed by atoms with Crippen LogP contribution in [0.25, 0.3) is 0 Å². The number of carbonyl (C=O) groups is 2. The maximum atomic E-state index is 12.1. The first-order valence-corrected chi connectivity index (χ1v) is 6.54. The summed E-state index contributed by atoms with van der Waals surface area (Å²) >= 11 is 0. The van der Waals surface area contributed by atoms with Crippen molar-refractivity contribution in [2.75, 3.05) is 5.73 Å². The Hall–Kier alpha value is -1.84. The molecule has 3 N–H and O–H groups in total. The van der Waals surface area contributed by atoms with E-state index in [-0.39, 0.29) is 11.7 Å². The Morgan fingerprint density at radius 1 is 1.26 bits per heavy atom. The molecule has 0 bridgehead atoms. The van der Waals surface area contributed by atoms with Gasteiger partial charge in [0.05, 0.1) is 6.04 Å². The molecule has 0 heterocycles. The number of nitrogens with one attached hydrogen (secondary N) is 1. The van der Waals surface area contributed by atoms with E-state index in [1.54, 1.807) is 12.1 Å². The Morgan fingerprint density at radius 2 is 1.79 bits per heavy atom. The minimum Gasteiger partial charge on any atom is -0.398 e. The summed E-state index contributed by atoms with van der Waals surface area (Å²) < 4.78 is 0. The van der Waals surface area contributed by atoms with Gasteiger partial charge in [-0.05, 0) is 50.5 Å². The summed E-state index contributed by atoms with van der Waals surface area (Å²) in [6.07, 6.45) is 1.51. The Bertz CT molecular complexity index is 472. The number of amides is 1. The van der Waals surface area contributed by atoms with Crippen LogP contribution in [0.1, 0.15) is 48.2 Å². The smallest absolute Gasteiger partial charge is 0.251 e. The van der Waals surface area contributed by atoms with E-state index in [1.807, 2.05) is 20.8 Å². The molecule has 0 fully saturated rings. The number of rotatable bonds is 5. The zero-order chi connectivity index (χ0) is 14.6. The Morgan fingerprint density at radius 3 is 2.21 bits per heavy atom. The number of anilines is 1. The molecule has 0 aliphatic carbocycles. The molecule has 0 aliphatic heterocycles. The highest BCUT2D eigenvalue weighted by Gasteiger charge is 2.17. The second kappa shape index (κ2) is 6.36. The van der Waals surface area contributed by atoms with Crippen LogP contribution in [0.15, 0.2) is 12.1 Å². The molecular weight excluding hydrogens is 240 g/mol. The standard InChI is InChI=1S/C15H22N2O2/c1-5-6-13(11(4)18)17-15(19)12-7-9(2)14(16)10(3)8-12/h7-8,13H,5-6,16H2,1-4H3,(H,17,19)/t13-/m0/s1. The lowest BCUT2D eigenvalue weighted by Gasteiger charge is -2.16. The number of aryl methyl sites for hydroxylation is 2. The van der Waals surface area contributed by atoms with Crippen LogP contribution in [0.4, 0.5) is 5.69 Å². The quantitative estimate of drug-likeness (QED) is 0.800. The number of benzene rings is 1. The van der Waals surface area contributed by atoms with Crippen LogP contribution in [0.3, 0.4) is 0 Å². The van der Waals surface area contributed by atoms with Crippen LogP contribution in [-0.2, 0) is 4.79 Å². The average Bonchev–Trinajstić information content (AvgIpc) is 2.34. The molecule has 4 heteroatoms. The normalized spacial score (nSPS) is 12.0. The number of hydrogen-bond acceptors (Lipinski definition) is 3. The SMILES string of the molecule is CCC[C@H](NC(=O)c1cc(C)c(N)c(C)c1)C(C)=O. The molecule has 19 heavy (non-hydrogen) atoms. The number of hydrogen-bond donors (Lipinski definition) is 2. The molecule has 1 amide bonds. The summed E-state index contributed by atoms with van der Waals surface area (Å²) in [5.74, 6) is -0.237. The van der Waals surface area contributed by atoms with Gasteiger partial charge in [-0.25, -0.2) is 0 Å². The van der Waals surface area contributed by atoms with Crippen LogP contribution in [0.2, 0.25) is 0 Å². The van der Waals surface area contributed by atoms with Crippen LogP contribution in [-0.4, -0.2) is 17.7 Å². The van der Waals surface area contributed by atoms with E-state index in [1.165, 1.54) is 6.92 Å². The molecule has 1 rings (SSSR count). The van der Waals surface area contributed by atoms with Gasteiger partial charge in [-0.3, -0.25) is 9.59 Å². The van der Waals surface area contributed by atoms with Crippen LogP contribution in [0, 0.1) is 13.8 Å². The fourth-order valence-electron chi connectivity index (χ4n) is 2.01. The number of nitrogen functional groups attached to an aromatic ring is 1.